The standard InChI is InChI=1S/C16H14ClN3O6/c1-9-7-11(17)3-6-15(9)26-10(2)16(21)18-13-5-4-12(19(22)23)8-14(13)20(24)25/h3-8,10H,1-2H3,(H,18,21). The van der Waals surface area contributed by atoms with Gasteiger partial charge < -0.3 is 10.1 Å². The molecule has 0 aromatic heterocycles. The maximum atomic E-state index is 12.3. The van der Waals surface area contributed by atoms with Gasteiger partial charge >= 0.3 is 0 Å². The number of benzene rings is 2. The Morgan fingerprint density at radius 2 is 1.85 bits per heavy atom. The molecule has 26 heavy (non-hydrogen) atoms. The van der Waals surface area contributed by atoms with Crippen molar-refractivity contribution in [1.82, 2.24) is 0 Å². The number of halogens is 1. The van der Waals surface area contributed by atoms with Crippen LogP contribution in [0.15, 0.2) is 36.4 Å². The van der Waals surface area contributed by atoms with Gasteiger partial charge in [0.15, 0.2) is 6.10 Å². The molecule has 9 nitrogen and oxygen atoms in total. The first-order chi connectivity index (χ1) is 12.2. The molecule has 1 N–H and O–H groups in total. The molecule has 0 fully saturated rings. The van der Waals surface area contributed by atoms with Gasteiger partial charge in [-0.3, -0.25) is 25.0 Å². The Morgan fingerprint density at radius 1 is 1.15 bits per heavy atom. The van der Waals surface area contributed by atoms with Gasteiger partial charge in [-0.2, -0.15) is 0 Å². The predicted molar refractivity (Wildman–Crippen MR) is 94.7 cm³/mol. The number of amides is 1. The normalized spacial score (nSPS) is 11.5. The molecule has 136 valence electrons. The molecule has 0 spiro atoms. The second-order valence-electron chi connectivity index (χ2n) is 5.37. The van der Waals surface area contributed by atoms with Crippen molar-refractivity contribution in [3.63, 3.8) is 0 Å². The summed E-state index contributed by atoms with van der Waals surface area (Å²) in [6.45, 7) is 3.23. The second kappa shape index (κ2) is 7.79. The molecule has 10 heteroatoms. The number of aryl methyl sites for hydroxylation is 1. The fraction of sp³-hybridized carbons (Fsp3) is 0.188. The van der Waals surface area contributed by atoms with Crippen LogP contribution in [0.3, 0.4) is 0 Å². The number of carbonyl (C=O) groups excluding carboxylic acids is 1. The highest BCUT2D eigenvalue weighted by Gasteiger charge is 2.23. The summed E-state index contributed by atoms with van der Waals surface area (Å²) in [6, 6.07) is 7.84. The zero-order valence-corrected chi connectivity index (χ0v) is 14.5. The molecule has 1 amide bonds. The van der Waals surface area contributed by atoms with Crippen LogP contribution in [0.5, 0.6) is 5.75 Å². The Bertz CT molecular complexity index is 886. The van der Waals surface area contributed by atoms with Crippen molar-refractivity contribution >= 4 is 34.6 Å². The Hall–Kier alpha value is -3.20. The lowest BCUT2D eigenvalue weighted by molar-refractivity contribution is -0.393. The Morgan fingerprint density at radius 3 is 2.42 bits per heavy atom. The van der Waals surface area contributed by atoms with Crippen molar-refractivity contribution in [2.45, 2.75) is 20.0 Å². The zero-order valence-electron chi connectivity index (χ0n) is 13.8. The van der Waals surface area contributed by atoms with Crippen molar-refractivity contribution in [3.05, 3.63) is 67.2 Å². The van der Waals surface area contributed by atoms with Gasteiger partial charge in [-0.15, -0.1) is 0 Å². The molecular weight excluding hydrogens is 366 g/mol. The van der Waals surface area contributed by atoms with E-state index in [1.54, 1.807) is 25.1 Å². The number of hydrogen-bond acceptors (Lipinski definition) is 6. The smallest absolute Gasteiger partial charge is 0.299 e. The van der Waals surface area contributed by atoms with Crippen LogP contribution in [0.1, 0.15) is 12.5 Å². The van der Waals surface area contributed by atoms with Crippen molar-refractivity contribution in [2.24, 2.45) is 0 Å². The van der Waals surface area contributed by atoms with Crippen LogP contribution in [-0.4, -0.2) is 21.9 Å². The summed E-state index contributed by atoms with van der Waals surface area (Å²) in [4.78, 5) is 32.6. The van der Waals surface area contributed by atoms with Crippen LogP contribution < -0.4 is 10.1 Å². The van der Waals surface area contributed by atoms with E-state index in [2.05, 4.69) is 5.32 Å². The van der Waals surface area contributed by atoms with Gasteiger partial charge in [0.25, 0.3) is 17.3 Å². The van der Waals surface area contributed by atoms with Gasteiger partial charge in [-0.1, -0.05) is 11.6 Å². The number of rotatable bonds is 6. The molecule has 2 aromatic rings. The van der Waals surface area contributed by atoms with Gasteiger partial charge in [-0.05, 0) is 43.7 Å². The topological polar surface area (TPSA) is 125 Å². The fourth-order valence-electron chi connectivity index (χ4n) is 2.11. The Kier molecular flexibility index (Phi) is 5.73. The Labute approximate surface area is 152 Å². The van der Waals surface area contributed by atoms with Gasteiger partial charge in [0.2, 0.25) is 0 Å². The molecule has 2 rings (SSSR count). The molecule has 0 radical (unpaired) electrons. The Balaban J connectivity index is 2.18. The van der Waals surface area contributed by atoms with E-state index in [0.29, 0.717) is 10.8 Å². The molecule has 0 bridgehead atoms. The highest BCUT2D eigenvalue weighted by atomic mass is 35.5. The maximum absolute atomic E-state index is 12.3. The first-order valence-electron chi connectivity index (χ1n) is 7.35. The van der Waals surface area contributed by atoms with E-state index in [0.717, 1.165) is 23.8 Å². The van der Waals surface area contributed by atoms with Crippen LogP contribution >= 0.6 is 11.6 Å². The van der Waals surface area contributed by atoms with Crippen molar-refractivity contribution < 1.29 is 19.4 Å². The number of nitro groups is 2. The number of anilines is 1. The SMILES string of the molecule is Cc1cc(Cl)ccc1OC(C)C(=O)Nc1ccc([N+](=O)[O-])cc1[N+](=O)[O-]. The van der Waals surface area contributed by atoms with E-state index >= 15 is 0 Å². The highest BCUT2D eigenvalue weighted by molar-refractivity contribution is 6.30. The van der Waals surface area contributed by atoms with E-state index in [4.69, 9.17) is 16.3 Å². The highest BCUT2D eigenvalue weighted by Crippen LogP contribution is 2.29. The van der Waals surface area contributed by atoms with E-state index in [-0.39, 0.29) is 5.69 Å². The van der Waals surface area contributed by atoms with E-state index in [1.807, 2.05) is 0 Å². The second-order valence-corrected chi connectivity index (χ2v) is 5.81. The molecule has 0 aliphatic rings. The summed E-state index contributed by atoms with van der Waals surface area (Å²) in [6.07, 6.45) is -0.968. The van der Waals surface area contributed by atoms with E-state index < -0.39 is 33.2 Å². The minimum absolute atomic E-state index is 0.158. The molecule has 0 heterocycles. The van der Waals surface area contributed by atoms with Crippen LogP contribution in [0.2, 0.25) is 5.02 Å². The quantitative estimate of drug-likeness (QED) is 0.599. The van der Waals surface area contributed by atoms with Gasteiger partial charge in [0.05, 0.1) is 15.9 Å². The van der Waals surface area contributed by atoms with Crippen molar-refractivity contribution in [1.29, 1.82) is 0 Å². The number of nitrogens with one attached hydrogen (secondary N) is 1. The number of non-ortho nitro benzene ring substituents is 1. The van der Waals surface area contributed by atoms with E-state index in [9.17, 15) is 25.0 Å². The minimum atomic E-state index is -0.968. The number of nitro benzene ring substituents is 2. The summed E-state index contributed by atoms with van der Waals surface area (Å²) in [7, 11) is 0. The first-order valence-corrected chi connectivity index (χ1v) is 7.73. The molecule has 0 aliphatic carbocycles. The van der Waals surface area contributed by atoms with Crippen molar-refractivity contribution in [3.8, 4) is 5.75 Å². The largest absolute Gasteiger partial charge is 0.481 e. The predicted octanol–water partition coefficient (Wildman–Crippen LogP) is 3.87. The molecule has 0 saturated heterocycles. The summed E-state index contributed by atoms with van der Waals surface area (Å²) < 4.78 is 5.55. The lowest BCUT2D eigenvalue weighted by Crippen LogP contribution is -2.30. The molecule has 2 aromatic carbocycles. The molecular formula is C16H14ClN3O6. The average molecular weight is 380 g/mol. The lowest BCUT2D eigenvalue weighted by atomic mass is 10.2. The number of hydrogen-bond donors (Lipinski definition) is 1. The van der Waals surface area contributed by atoms with Gasteiger partial charge in [0, 0.05) is 11.1 Å². The summed E-state index contributed by atoms with van der Waals surface area (Å²) in [5, 5.41) is 24.7. The molecule has 1 atom stereocenters. The van der Waals surface area contributed by atoms with Crippen LogP contribution in [0.4, 0.5) is 17.1 Å². The van der Waals surface area contributed by atoms with Gasteiger partial charge in [-0.25, -0.2) is 0 Å². The monoisotopic (exact) mass is 379 g/mol. The summed E-state index contributed by atoms with van der Waals surface area (Å²) in [5.41, 5.74) is -0.467. The first kappa shape index (κ1) is 19.1. The van der Waals surface area contributed by atoms with Gasteiger partial charge in [0.1, 0.15) is 11.4 Å². The zero-order chi connectivity index (χ0) is 19.4. The third-order valence-corrected chi connectivity index (χ3v) is 3.69. The third kappa shape index (κ3) is 4.45. The number of ether oxygens (including phenoxy) is 1. The third-order valence-electron chi connectivity index (χ3n) is 3.46. The van der Waals surface area contributed by atoms with Crippen LogP contribution in [0, 0.1) is 27.2 Å². The fourth-order valence-corrected chi connectivity index (χ4v) is 2.34. The molecule has 1 unspecified atom stereocenters. The van der Waals surface area contributed by atoms with E-state index in [1.165, 1.54) is 6.92 Å². The number of carbonyl (C=O) groups is 1. The average Bonchev–Trinajstić information content (AvgIpc) is 2.57. The minimum Gasteiger partial charge on any atom is -0.481 e. The number of nitrogens with zero attached hydrogens (tertiary/aromatic N) is 2. The molecule has 0 aliphatic heterocycles. The van der Waals surface area contributed by atoms with Crippen LogP contribution in [0.25, 0.3) is 0 Å². The van der Waals surface area contributed by atoms with Crippen LogP contribution in [-0.2, 0) is 4.79 Å². The summed E-state index contributed by atoms with van der Waals surface area (Å²) >= 11 is 5.86. The van der Waals surface area contributed by atoms with Crippen molar-refractivity contribution in [2.75, 3.05) is 5.32 Å². The summed E-state index contributed by atoms with van der Waals surface area (Å²) in [5.74, 6) is -0.202. The lowest BCUT2D eigenvalue weighted by Gasteiger charge is -2.16. The molecule has 0 saturated carbocycles. The maximum Gasteiger partial charge on any atom is 0.299 e.